The maximum absolute atomic E-state index is 12.3. The van der Waals surface area contributed by atoms with Gasteiger partial charge < -0.3 is 14.6 Å². The molecule has 0 aliphatic carbocycles. The van der Waals surface area contributed by atoms with E-state index in [0.717, 1.165) is 36.1 Å². The van der Waals surface area contributed by atoms with E-state index in [1.54, 1.807) is 0 Å². The van der Waals surface area contributed by atoms with E-state index in [1.807, 2.05) is 27.9 Å². The van der Waals surface area contributed by atoms with Crippen molar-refractivity contribution in [2.75, 3.05) is 13.1 Å². The first-order valence-corrected chi connectivity index (χ1v) is 9.67. The summed E-state index contributed by atoms with van der Waals surface area (Å²) >= 11 is 0. The number of hydrogen-bond acceptors (Lipinski definition) is 3. The Morgan fingerprint density at radius 1 is 1.16 bits per heavy atom. The number of hydrogen-bond donors (Lipinski definition) is 1. The van der Waals surface area contributed by atoms with E-state index in [1.165, 1.54) is 16.7 Å². The van der Waals surface area contributed by atoms with Crippen molar-refractivity contribution in [1.82, 2.24) is 14.5 Å². The van der Waals surface area contributed by atoms with Gasteiger partial charge in [0.1, 0.15) is 6.54 Å². The molecular formula is C22H22F3N3O3. The number of benzene rings is 1. The predicted octanol–water partition coefficient (Wildman–Crippen LogP) is 4.19. The van der Waals surface area contributed by atoms with Crippen LogP contribution < -0.4 is 0 Å². The Kier molecular flexibility index (Phi) is 6.33. The Bertz CT molecular complexity index is 1120. The zero-order valence-electron chi connectivity index (χ0n) is 17.1. The summed E-state index contributed by atoms with van der Waals surface area (Å²) in [6, 6.07) is 10.5. The van der Waals surface area contributed by atoms with Crippen molar-refractivity contribution in [2.45, 2.75) is 33.0 Å². The number of carbonyl (C=O) groups is 2. The van der Waals surface area contributed by atoms with E-state index in [9.17, 15) is 18.0 Å². The summed E-state index contributed by atoms with van der Waals surface area (Å²) in [5.74, 6) is -2.57. The first-order chi connectivity index (χ1) is 14.6. The van der Waals surface area contributed by atoms with E-state index in [4.69, 9.17) is 9.90 Å². The second kappa shape index (κ2) is 8.79. The number of alkyl halides is 3. The van der Waals surface area contributed by atoms with Gasteiger partial charge in [-0.2, -0.15) is 13.2 Å². The van der Waals surface area contributed by atoms with Crippen LogP contribution in [0.1, 0.15) is 17.5 Å². The second-order valence-electron chi connectivity index (χ2n) is 7.36. The van der Waals surface area contributed by atoms with Crippen LogP contribution in [-0.2, 0) is 16.1 Å². The number of halogens is 3. The van der Waals surface area contributed by atoms with Crippen molar-refractivity contribution in [3.8, 4) is 11.1 Å². The van der Waals surface area contributed by atoms with E-state index in [0.29, 0.717) is 6.54 Å². The SMILES string of the molecule is Cc1cccc(-c2cnc3ccn(CC(=O)N4CCC4)c3c2)c1C.O=C(O)C(F)(F)F. The fraction of sp³-hybridized carbons (Fsp3) is 0.318. The molecule has 4 rings (SSSR count). The average Bonchev–Trinajstić information content (AvgIpc) is 3.04. The number of amides is 1. The quantitative estimate of drug-likeness (QED) is 0.672. The number of pyridine rings is 1. The smallest absolute Gasteiger partial charge is 0.475 e. The largest absolute Gasteiger partial charge is 0.490 e. The molecule has 9 heteroatoms. The molecule has 1 fully saturated rings. The number of nitrogens with zero attached hydrogens (tertiary/aromatic N) is 3. The molecule has 164 valence electrons. The number of carboxylic acid groups (broad SMARTS) is 1. The highest BCUT2D eigenvalue weighted by molar-refractivity contribution is 5.85. The van der Waals surface area contributed by atoms with Gasteiger partial charge >= 0.3 is 12.1 Å². The first kappa shape index (κ1) is 22.3. The van der Waals surface area contributed by atoms with Gasteiger partial charge in [-0.05, 0) is 49.1 Å². The summed E-state index contributed by atoms with van der Waals surface area (Å²) in [7, 11) is 0. The summed E-state index contributed by atoms with van der Waals surface area (Å²) < 4.78 is 33.7. The second-order valence-corrected chi connectivity index (χ2v) is 7.36. The van der Waals surface area contributed by atoms with Crippen LogP contribution in [0.4, 0.5) is 13.2 Å². The van der Waals surface area contributed by atoms with Gasteiger partial charge in [0.15, 0.2) is 0 Å². The number of fused-ring (bicyclic) bond motifs is 1. The Balaban J connectivity index is 0.000000339. The van der Waals surface area contributed by atoms with E-state index in [-0.39, 0.29) is 5.91 Å². The van der Waals surface area contributed by atoms with Crippen molar-refractivity contribution in [3.63, 3.8) is 0 Å². The maximum Gasteiger partial charge on any atom is 0.490 e. The molecule has 1 aliphatic heterocycles. The maximum atomic E-state index is 12.3. The molecule has 3 aromatic rings. The Hall–Kier alpha value is -3.36. The molecule has 3 heterocycles. The number of carboxylic acids is 1. The molecule has 0 atom stereocenters. The third-order valence-electron chi connectivity index (χ3n) is 5.29. The zero-order chi connectivity index (χ0) is 22.8. The normalized spacial score (nSPS) is 13.4. The van der Waals surface area contributed by atoms with E-state index >= 15 is 0 Å². The molecule has 1 aromatic carbocycles. The van der Waals surface area contributed by atoms with Crippen LogP contribution in [0.2, 0.25) is 0 Å². The lowest BCUT2D eigenvalue weighted by Gasteiger charge is -2.31. The molecule has 0 bridgehead atoms. The van der Waals surface area contributed by atoms with Crippen molar-refractivity contribution >= 4 is 22.9 Å². The van der Waals surface area contributed by atoms with E-state index in [2.05, 4.69) is 43.1 Å². The van der Waals surface area contributed by atoms with Crippen LogP contribution >= 0.6 is 0 Å². The summed E-state index contributed by atoms with van der Waals surface area (Å²) in [4.78, 5) is 27.7. The fourth-order valence-corrected chi connectivity index (χ4v) is 3.22. The average molecular weight is 433 g/mol. The number of aliphatic carboxylic acids is 1. The lowest BCUT2D eigenvalue weighted by atomic mass is 9.98. The predicted molar refractivity (Wildman–Crippen MR) is 110 cm³/mol. The van der Waals surface area contributed by atoms with Crippen LogP contribution in [0.15, 0.2) is 42.7 Å². The molecule has 31 heavy (non-hydrogen) atoms. The Morgan fingerprint density at radius 3 is 2.42 bits per heavy atom. The highest BCUT2D eigenvalue weighted by Gasteiger charge is 2.38. The van der Waals surface area contributed by atoms with Crippen molar-refractivity contribution < 1.29 is 27.9 Å². The molecule has 0 spiro atoms. The lowest BCUT2D eigenvalue weighted by molar-refractivity contribution is -0.192. The molecule has 6 nitrogen and oxygen atoms in total. The molecular weight excluding hydrogens is 411 g/mol. The van der Waals surface area contributed by atoms with Gasteiger partial charge in [-0.3, -0.25) is 9.78 Å². The molecule has 2 aromatic heterocycles. The molecule has 0 unspecified atom stereocenters. The number of rotatable bonds is 3. The van der Waals surface area contributed by atoms with Crippen LogP contribution in [0.5, 0.6) is 0 Å². The number of likely N-dealkylation sites (tertiary alicyclic amines) is 1. The Morgan fingerprint density at radius 2 is 1.84 bits per heavy atom. The monoisotopic (exact) mass is 433 g/mol. The van der Waals surface area contributed by atoms with Crippen molar-refractivity contribution in [2.24, 2.45) is 0 Å². The highest BCUT2D eigenvalue weighted by atomic mass is 19.4. The standard InChI is InChI=1S/C20H21N3O.C2HF3O2/c1-14-5-3-6-17(15(14)2)16-11-19-18(21-12-16)7-10-23(19)13-20(24)22-8-4-9-22;3-2(4,5)1(6)7/h3,5-7,10-12H,4,8-9,13H2,1-2H3;(H,6,7). The van der Waals surface area contributed by atoms with Gasteiger partial charge in [-0.25, -0.2) is 4.79 Å². The lowest BCUT2D eigenvalue weighted by Crippen LogP contribution is -2.43. The van der Waals surface area contributed by atoms with Crippen molar-refractivity contribution in [1.29, 1.82) is 0 Å². The van der Waals surface area contributed by atoms with Crippen LogP contribution in [0, 0.1) is 13.8 Å². The summed E-state index contributed by atoms with van der Waals surface area (Å²) in [5.41, 5.74) is 6.79. The summed E-state index contributed by atoms with van der Waals surface area (Å²) in [5, 5.41) is 7.12. The third kappa shape index (κ3) is 5.04. The van der Waals surface area contributed by atoms with Crippen LogP contribution in [-0.4, -0.2) is 50.7 Å². The Labute approximate surface area is 176 Å². The van der Waals surface area contributed by atoms with Gasteiger partial charge in [0.05, 0.1) is 11.0 Å². The topological polar surface area (TPSA) is 75.4 Å². The van der Waals surface area contributed by atoms with Crippen LogP contribution in [0.3, 0.4) is 0 Å². The molecule has 0 radical (unpaired) electrons. The van der Waals surface area contributed by atoms with Gasteiger partial charge in [0.25, 0.3) is 0 Å². The minimum absolute atomic E-state index is 0.191. The number of carbonyl (C=O) groups excluding carboxylic acids is 1. The minimum atomic E-state index is -5.08. The summed E-state index contributed by atoms with van der Waals surface area (Å²) in [6.45, 7) is 6.44. The van der Waals surface area contributed by atoms with Crippen molar-refractivity contribution in [3.05, 3.63) is 53.9 Å². The first-order valence-electron chi connectivity index (χ1n) is 9.67. The fourth-order valence-electron chi connectivity index (χ4n) is 3.22. The van der Waals surface area contributed by atoms with E-state index < -0.39 is 12.1 Å². The zero-order valence-corrected chi connectivity index (χ0v) is 17.1. The molecule has 1 N–H and O–H groups in total. The van der Waals surface area contributed by atoms with Gasteiger partial charge in [0.2, 0.25) is 5.91 Å². The molecule has 0 saturated carbocycles. The minimum Gasteiger partial charge on any atom is -0.475 e. The highest BCUT2D eigenvalue weighted by Crippen LogP contribution is 2.28. The van der Waals surface area contributed by atoms with Gasteiger partial charge in [0, 0.05) is 31.0 Å². The number of aromatic nitrogens is 2. The van der Waals surface area contributed by atoms with Gasteiger partial charge in [-0.15, -0.1) is 0 Å². The third-order valence-corrected chi connectivity index (χ3v) is 5.29. The summed E-state index contributed by atoms with van der Waals surface area (Å²) in [6.07, 6.45) is -0.0789. The molecule has 1 aliphatic rings. The van der Waals surface area contributed by atoms with Crippen LogP contribution in [0.25, 0.3) is 22.2 Å². The number of aryl methyl sites for hydroxylation is 1. The van der Waals surface area contributed by atoms with Gasteiger partial charge in [-0.1, -0.05) is 18.2 Å². The molecule has 1 amide bonds. The molecule has 1 saturated heterocycles.